The van der Waals surface area contributed by atoms with Crippen molar-refractivity contribution in [2.75, 3.05) is 67.7 Å². The predicted molar refractivity (Wildman–Crippen MR) is 113 cm³/mol. The Hall–Kier alpha value is -1.99. The van der Waals surface area contributed by atoms with Crippen molar-refractivity contribution < 1.29 is 23.7 Å². The number of cyclic esters (lactones) is 1. The molecule has 0 aromatic heterocycles. The van der Waals surface area contributed by atoms with E-state index >= 15 is 0 Å². The molecule has 0 spiro atoms. The topological polar surface area (TPSA) is 60.5 Å². The first-order chi connectivity index (χ1) is 14.0. The highest BCUT2D eigenvalue weighted by molar-refractivity contribution is 5.91. The van der Waals surface area contributed by atoms with Crippen LogP contribution < -0.4 is 14.2 Å². The van der Waals surface area contributed by atoms with Gasteiger partial charge in [-0.05, 0) is 52.0 Å². The average molecular weight is 409 g/mol. The van der Waals surface area contributed by atoms with Crippen LogP contribution in [-0.4, -0.2) is 83.5 Å². The zero-order valence-electron chi connectivity index (χ0n) is 18.4. The molecule has 2 rings (SSSR count). The minimum absolute atomic E-state index is 0.379. The average Bonchev–Trinajstić information content (AvgIpc) is 2.73. The summed E-state index contributed by atoms with van der Waals surface area (Å²) in [5.74, 6) is 1.09. The van der Waals surface area contributed by atoms with Gasteiger partial charge in [0.2, 0.25) is 5.75 Å². The lowest BCUT2D eigenvalue weighted by atomic mass is 10.1. The molecule has 1 aromatic carbocycles. The zero-order valence-corrected chi connectivity index (χ0v) is 18.4. The molecule has 0 aliphatic carbocycles. The van der Waals surface area contributed by atoms with Gasteiger partial charge in [-0.1, -0.05) is 12.8 Å². The second kappa shape index (κ2) is 12.5. The minimum atomic E-state index is -0.379. The third-order valence-corrected chi connectivity index (χ3v) is 5.15. The van der Waals surface area contributed by atoms with Gasteiger partial charge in [-0.25, -0.2) is 4.79 Å². The molecule has 29 heavy (non-hydrogen) atoms. The summed E-state index contributed by atoms with van der Waals surface area (Å²) in [5, 5.41) is 0. The smallest absolute Gasteiger partial charge is 0.338 e. The quantitative estimate of drug-likeness (QED) is 0.697. The van der Waals surface area contributed by atoms with Crippen molar-refractivity contribution in [3.63, 3.8) is 0 Å². The molecule has 1 aliphatic heterocycles. The van der Waals surface area contributed by atoms with E-state index in [1.165, 1.54) is 12.8 Å². The number of carbonyl (C=O) groups is 1. The number of benzene rings is 1. The number of rotatable bonds is 2. The van der Waals surface area contributed by atoms with Gasteiger partial charge < -0.3 is 28.7 Å². The Bertz CT molecular complexity index is 638. The Morgan fingerprint density at radius 2 is 1.45 bits per heavy atom. The second-order valence-corrected chi connectivity index (χ2v) is 7.57. The molecule has 164 valence electrons. The molecule has 0 radical (unpaired) electrons. The molecule has 7 heteroatoms. The molecule has 2 bridgehead atoms. The van der Waals surface area contributed by atoms with Crippen LogP contribution in [0.15, 0.2) is 12.1 Å². The van der Waals surface area contributed by atoms with Gasteiger partial charge in [-0.15, -0.1) is 0 Å². The molecular formula is C22H36N2O5. The largest absolute Gasteiger partial charge is 0.493 e. The number of ether oxygens (including phenoxy) is 4. The minimum Gasteiger partial charge on any atom is -0.493 e. The Morgan fingerprint density at radius 3 is 2.14 bits per heavy atom. The fourth-order valence-electron chi connectivity index (χ4n) is 3.32. The van der Waals surface area contributed by atoms with Gasteiger partial charge >= 0.3 is 5.97 Å². The summed E-state index contributed by atoms with van der Waals surface area (Å²) in [6.07, 6.45) is 5.22. The SMILES string of the molecule is COc1cc2cc(c1OC)OCCCCCCN(C)CCN(C)CCCOC2=O. The Morgan fingerprint density at radius 1 is 0.793 bits per heavy atom. The maximum atomic E-state index is 12.5. The molecular weight excluding hydrogens is 372 g/mol. The Balaban J connectivity index is 2.10. The van der Waals surface area contributed by atoms with E-state index in [2.05, 4.69) is 23.9 Å². The molecule has 0 fully saturated rings. The third kappa shape index (κ3) is 7.74. The van der Waals surface area contributed by atoms with Gasteiger partial charge in [0.05, 0.1) is 33.0 Å². The van der Waals surface area contributed by atoms with Gasteiger partial charge in [0, 0.05) is 19.6 Å². The molecule has 0 N–H and O–H groups in total. The molecule has 7 nitrogen and oxygen atoms in total. The summed E-state index contributed by atoms with van der Waals surface area (Å²) < 4.78 is 22.2. The van der Waals surface area contributed by atoms with Crippen LogP contribution in [0.4, 0.5) is 0 Å². The highest BCUT2D eigenvalue weighted by atomic mass is 16.5. The van der Waals surface area contributed by atoms with E-state index in [0.717, 1.165) is 45.4 Å². The van der Waals surface area contributed by atoms with E-state index in [0.29, 0.717) is 36.0 Å². The molecule has 0 saturated carbocycles. The molecule has 0 atom stereocenters. The number of nitrogens with zero attached hydrogens (tertiary/aromatic N) is 2. The summed E-state index contributed by atoms with van der Waals surface area (Å²) in [6.45, 7) is 5.01. The summed E-state index contributed by atoms with van der Waals surface area (Å²) in [4.78, 5) is 17.2. The fourth-order valence-corrected chi connectivity index (χ4v) is 3.32. The van der Waals surface area contributed by atoms with Crippen molar-refractivity contribution in [3.8, 4) is 17.2 Å². The lowest BCUT2D eigenvalue weighted by molar-refractivity contribution is 0.0489. The van der Waals surface area contributed by atoms with Crippen molar-refractivity contribution in [2.24, 2.45) is 0 Å². The Kier molecular flexibility index (Phi) is 10.1. The molecule has 1 aliphatic rings. The molecule has 1 heterocycles. The predicted octanol–water partition coefficient (Wildman–Crippen LogP) is 3.07. The van der Waals surface area contributed by atoms with E-state index in [4.69, 9.17) is 18.9 Å². The first-order valence-electron chi connectivity index (χ1n) is 10.5. The molecule has 0 amide bonds. The van der Waals surface area contributed by atoms with E-state index in [9.17, 15) is 4.79 Å². The lowest BCUT2D eigenvalue weighted by Gasteiger charge is -2.22. The van der Waals surface area contributed by atoms with Gasteiger partial charge in [-0.2, -0.15) is 0 Å². The van der Waals surface area contributed by atoms with E-state index in [1.54, 1.807) is 26.4 Å². The summed E-state index contributed by atoms with van der Waals surface area (Å²) >= 11 is 0. The summed E-state index contributed by atoms with van der Waals surface area (Å²) in [5.41, 5.74) is 0.408. The van der Waals surface area contributed by atoms with E-state index < -0.39 is 0 Å². The monoisotopic (exact) mass is 408 g/mol. The summed E-state index contributed by atoms with van der Waals surface area (Å²) in [6, 6.07) is 3.32. The number of esters is 1. The third-order valence-electron chi connectivity index (χ3n) is 5.15. The molecule has 0 unspecified atom stereocenters. The van der Waals surface area contributed by atoms with Crippen LogP contribution in [0, 0.1) is 0 Å². The maximum Gasteiger partial charge on any atom is 0.338 e. The standard InChI is InChI=1S/C22H36N2O5/c1-23-10-7-5-6-8-14-28-20-17-18(16-19(26-3)21(20)27-4)22(25)29-15-9-11-24(2)13-12-23/h16-17H,5-15H2,1-4H3. The zero-order chi connectivity index (χ0) is 21.1. The highest BCUT2D eigenvalue weighted by Crippen LogP contribution is 2.38. The Labute approximate surface area is 174 Å². The second-order valence-electron chi connectivity index (χ2n) is 7.57. The maximum absolute atomic E-state index is 12.5. The van der Waals surface area contributed by atoms with Crippen molar-refractivity contribution in [1.29, 1.82) is 0 Å². The molecule has 1 aromatic rings. The number of hydrogen-bond donors (Lipinski definition) is 0. The van der Waals surface area contributed by atoms with Crippen LogP contribution in [0.1, 0.15) is 42.5 Å². The van der Waals surface area contributed by atoms with Crippen LogP contribution in [0.25, 0.3) is 0 Å². The van der Waals surface area contributed by atoms with Crippen molar-refractivity contribution >= 4 is 5.97 Å². The van der Waals surface area contributed by atoms with Crippen molar-refractivity contribution in [3.05, 3.63) is 17.7 Å². The van der Waals surface area contributed by atoms with Gasteiger partial charge in [0.15, 0.2) is 11.5 Å². The number of likely N-dealkylation sites (N-methyl/N-ethyl adjacent to an activating group) is 2. The first kappa shape index (κ1) is 23.3. The highest BCUT2D eigenvalue weighted by Gasteiger charge is 2.18. The summed E-state index contributed by atoms with van der Waals surface area (Å²) in [7, 11) is 7.39. The van der Waals surface area contributed by atoms with Crippen LogP contribution in [0.2, 0.25) is 0 Å². The van der Waals surface area contributed by atoms with Crippen molar-refractivity contribution in [1.82, 2.24) is 9.80 Å². The fraction of sp³-hybridized carbons (Fsp3) is 0.682. The first-order valence-corrected chi connectivity index (χ1v) is 10.5. The van der Waals surface area contributed by atoms with Crippen LogP contribution in [-0.2, 0) is 4.74 Å². The molecule has 0 saturated heterocycles. The normalized spacial score (nSPS) is 19.2. The number of carbonyl (C=O) groups excluding carboxylic acids is 1. The van der Waals surface area contributed by atoms with Crippen LogP contribution in [0.5, 0.6) is 17.2 Å². The van der Waals surface area contributed by atoms with Gasteiger partial charge in [-0.3, -0.25) is 0 Å². The lowest BCUT2D eigenvalue weighted by Crippen LogP contribution is -2.32. The van der Waals surface area contributed by atoms with Gasteiger partial charge in [0.25, 0.3) is 0 Å². The van der Waals surface area contributed by atoms with E-state index in [1.807, 2.05) is 0 Å². The number of methoxy groups -OCH3 is 2. The van der Waals surface area contributed by atoms with Gasteiger partial charge in [0.1, 0.15) is 0 Å². The number of fused-ring (bicyclic) bond motifs is 2. The van der Waals surface area contributed by atoms with Crippen LogP contribution in [0.3, 0.4) is 0 Å². The van der Waals surface area contributed by atoms with Crippen molar-refractivity contribution in [2.45, 2.75) is 32.1 Å². The van der Waals surface area contributed by atoms with E-state index in [-0.39, 0.29) is 5.97 Å². The number of hydrogen-bond acceptors (Lipinski definition) is 7. The van der Waals surface area contributed by atoms with Crippen LogP contribution >= 0.6 is 0 Å².